The van der Waals surface area contributed by atoms with Crippen LogP contribution in [0.1, 0.15) is 12.5 Å². The zero-order valence-corrected chi connectivity index (χ0v) is 10.6. The normalized spacial score (nSPS) is 10.6. The second-order valence-electron chi connectivity index (χ2n) is 3.80. The molecule has 0 unspecified atom stereocenters. The van der Waals surface area contributed by atoms with Crippen molar-refractivity contribution in [2.45, 2.75) is 13.3 Å². The predicted molar refractivity (Wildman–Crippen MR) is 69.3 cm³/mol. The van der Waals surface area contributed by atoms with E-state index in [9.17, 15) is 4.79 Å². The molecule has 0 saturated heterocycles. The molecule has 0 amide bonds. The summed E-state index contributed by atoms with van der Waals surface area (Å²) in [7, 11) is 0. The SMILES string of the molecule is CCOc1ccc2nc(Cl)c(CC(=O)O)cc2c1. The number of fused-ring (bicyclic) bond motifs is 1. The number of ether oxygens (including phenoxy) is 1. The van der Waals surface area contributed by atoms with E-state index in [1.54, 1.807) is 12.1 Å². The van der Waals surface area contributed by atoms with E-state index in [2.05, 4.69) is 4.98 Å². The van der Waals surface area contributed by atoms with Crippen molar-refractivity contribution in [3.05, 3.63) is 35.0 Å². The molecule has 1 N–H and O–H groups in total. The minimum atomic E-state index is -0.931. The highest BCUT2D eigenvalue weighted by Gasteiger charge is 2.09. The van der Waals surface area contributed by atoms with Crippen molar-refractivity contribution in [1.82, 2.24) is 4.98 Å². The number of pyridine rings is 1. The van der Waals surface area contributed by atoms with E-state index < -0.39 is 5.97 Å². The number of aromatic nitrogens is 1. The number of hydrogen-bond acceptors (Lipinski definition) is 3. The summed E-state index contributed by atoms with van der Waals surface area (Å²) in [6.07, 6.45) is -0.138. The molecule has 1 aromatic carbocycles. The van der Waals surface area contributed by atoms with E-state index in [4.69, 9.17) is 21.4 Å². The van der Waals surface area contributed by atoms with Gasteiger partial charge in [0.2, 0.25) is 0 Å². The summed E-state index contributed by atoms with van der Waals surface area (Å²) in [6.45, 7) is 2.48. The van der Waals surface area contributed by atoms with Crippen LogP contribution in [0.5, 0.6) is 5.75 Å². The number of hydrogen-bond donors (Lipinski definition) is 1. The van der Waals surface area contributed by atoms with Gasteiger partial charge in [0.15, 0.2) is 0 Å². The standard InChI is InChI=1S/C13H12ClNO3/c1-2-18-10-3-4-11-8(6-10)5-9(7-12(16)17)13(14)15-11/h3-6H,2,7H2,1H3,(H,16,17). The van der Waals surface area contributed by atoms with E-state index in [1.165, 1.54) is 0 Å². The van der Waals surface area contributed by atoms with Crippen LogP contribution in [0.4, 0.5) is 0 Å². The molecule has 18 heavy (non-hydrogen) atoms. The second-order valence-corrected chi connectivity index (χ2v) is 4.15. The molecule has 2 aromatic rings. The zero-order valence-electron chi connectivity index (χ0n) is 9.81. The van der Waals surface area contributed by atoms with Crippen LogP contribution in [0.3, 0.4) is 0 Å². The van der Waals surface area contributed by atoms with Gasteiger partial charge in [-0.05, 0) is 31.2 Å². The van der Waals surface area contributed by atoms with Gasteiger partial charge in [-0.15, -0.1) is 0 Å². The molecule has 4 nitrogen and oxygen atoms in total. The molecule has 0 fully saturated rings. The number of benzene rings is 1. The average molecular weight is 266 g/mol. The molecule has 0 aliphatic carbocycles. The molecule has 0 atom stereocenters. The molecular weight excluding hydrogens is 254 g/mol. The van der Waals surface area contributed by atoms with Crippen molar-refractivity contribution in [2.24, 2.45) is 0 Å². The van der Waals surface area contributed by atoms with Gasteiger partial charge in [-0.25, -0.2) is 4.98 Å². The van der Waals surface area contributed by atoms with Crippen LogP contribution in [0.15, 0.2) is 24.3 Å². The lowest BCUT2D eigenvalue weighted by atomic mass is 10.1. The molecule has 94 valence electrons. The van der Waals surface area contributed by atoms with Gasteiger partial charge in [0.25, 0.3) is 0 Å². The van der Waals surface area contributed by atoms with Gasteiger partial charge in [-0.1, -0.05) is 11.6 Å². The van der Waals surface area contributed by atoms with E-state index in [0.29, 0.717) is 12.2 Å². The Morgan fingerprint density at radius 1 is 1.44 bits per heavy atom. The molecule has 0 saturated carbocycles. The van der Waals surface area contributed by atoms with Crippen molar-refractivity contribution < 1.29 is 14.6 Å². The van der Waals surface area contributed by atoms with Gasteiger partial charge in [0.1, 0.15) is 10.9 Å². The summed E-state index contributed by atoms with van der Waals surface area (Å²) >= 11 is 5.94. The first-order chi connectivity index (χ1) is 8.60. The Morgan fingerprint density at radius 3 is 2.89 bits per heavy atom. The number of carboxylic acid groups (broad SMARTS) is 1. The monoisotopic (exact) mass is 265 g/mol. The fourth-order valence-electron chi connectivity index (χ4n) is 1.72. The van der Waals surface area contributed by atoms with Crippen LogP contribution in [0, 0.1) is 0 Å². The fraction of sp³-hybridized carbons (Fsp3) is 0.231. The summed E-state index contributed by atoms with van der Waals surface area (Å²) in [6, 6.07) is 7.18. The van der Waals surface area contributed by atoms with Gasteiger partial charge in [-0.3, -0.25) is 4.79 Å². The highest BCUT2D eigenvalue weighted by atomic mass is 35.5. The molecule has 0 aliphatic rings. The van der Waals surface area contributed by atoms with Crippen molar-refractivity contribution in [1.29, 1.82) is 0 Å². The Bertz CT molecular complexity index is 598. The maximum Gasteiger partial charge on any atom is 0.307 e. The molecule has 1 aromatic heterocycles. The number of aliphatic carboxylic acids is 1. The van der Waals surface area contributed by atoms with Crippen molar-refractivity contribution in [3.8, 4) is 5.75 Å². The van der Waals surface area contributed by atoms with E-state index in [-0.39, 0.29) is 11.6 Å². The van der Waals surface area contributed by atoms with Gasteiger partial charge >= 0.3 is 5.97 Å². The van der Waals surface area contributed by atoms with Crippen molar-refractivity contribution in [3.63, 3.8) is 0 Å². The second kappa shape index (κ2) is 5.23. The van der Waals surface area contributed by atoms with Crippen LogP contribution in [-0.2, 0) is 11.2 Å². The highest BCUT2D eigenvalue weighted by Crippen LogP contribution is 2.24. The quantitative estimate of drug-likeness (QED) is 0.864. The molecule has 2 rings (SSSR count). The van der Waals surface area contributed by atoms with Gasteiger partial charge < -0.3 is 9.84 Å². The first-order valence-corrected chi connectivity index (χ1v) is 5.91. The number of carboxylic acids is 1. The number of carbonyl (C=O) groups is 1. The summed E-state index contributed by atoms with van der Waals surface area (Å²) in [5.74, 6) is -0.200. The first-order valence-electron chi connectivity index (χ1n) is 5.54. The van der Waals surface area contributed by atoms with Gasteiger partial charge in [-0.2, -0.15) is 0 Å². The Morgan fingerprint density at radius 2 is 2.22 bits per heavy atom. The Hall–Kier alpha value is -1.81. The third-order valence-corrected chi connectivity index (χ3v) is 2.79. The fourth-order valence-corrected chi connectivity index (χ4v) is 1.93. The third-order valence-electron chi connectivity index (χ3n) is 2.46. The molecule has 0 aliphatic heterocycles. The predicted octanol–water partition coefficient (Wildman–Crippen LogP) is 2.91. The smallest absolute Gasteiger partial charge is 0.307 e. The van der Waals surface area contributed by atoms with Gasteiger partial charge in [0.05, 0.1) is 18.5 Å². The summed E-state index contributed by atoms with van der Waals surface area (Å²) in [4.78, 5) is 14.9. The largest absolute Gasteiger partial charge is 0.494 e. The highest BCUT2D eigenvalue weighted by molar-refractivity contribution is 6.30. The molecule has 5 heteroatoms. The van der Waals surface area contributed by atoms with E-state index >= 15 is 0 Å². The summed E-state index contributed by atoms with van der Waals surface area (Å²) in [5, 5.41) is 9.84. The topological polar surface area (TPSA) is 59.4 Å². The van der Waals surface area contributed by atoms with Crippen LogP contribution < -0.4 is 4.74 Å². The first kappa shape index (κ1) is 12.6. The number of halogens is 1. The van der Waals surface area contributed by atoms with Crippen molar-refractivity contribution >= 4 is 28.5 Å². The van der Waals surface area contributed by atoms with Crippen LogP contribution in [-0.4, -0.2) is 22.7 Å². The Balaban J connectivity index is 2.48. The van der Waals surface area contributed by atoms with Crippen LogP contribution in [0.25, 0.3) is 10.9 Å². The van der Waals surface area contributed by atoms with Crippen LogP contribution >= 0.6 is 11.6 Å². The maximum atomic E-state index is 10.7. The van der Waals surface area contributed by atoms with E-state index in [1.807, 2.05) is 19.1 Å². The summed E-state index contributed by atoms with van der Waals surface area (Å²) in [5.41, 5.74) is 1.22. The zero-order chi connectivity index (χ0) is 13.1. The number of nitrogens with zero attached hydrogens (tertiary/aromatic N) is 1. The Labute approximate surface area is 109 Å². The lowest BCUT2D eigenvalue weighted by molar-refractivity contribution is -0.136. The molecule has 0 bridgehead atoms. The lowest BCUT2D eigenvalue weighted by Gasteiger charge is -2.07. The average Bonchev–Trinajstić information content (AvgIpc) is 2.30. The third kappa shape index (κ3) is 2.71. The van der Waals surface area contributed by atoms with Crippen molar-refractivity contribution in [2.75, 3.05) is 6.61 Å². The lowest BCUT2D eigenvalue weighted by Crippen LogP contribution is -2.02. The van der Waals surface area contributed by atoms with Gasteiger partial charge in [0, 0.05) is 10.9 Å². The number of rotatable bonds is 4. The molecule has 0 radical (unpaired) electrons. The summed E-state index contributed by atoms with van der Waals surface area (Å²) < 4.78 is 5.39. The minimum Gasteiger partial charge on any atom is -0.494 e. The van der Waals surface area contributed by atoms with Crippen LogP contribution in [0.2, 0.25) is 5.15 Å². The molecule has 1 heterocycles. The molecule has 0 spiro atoms. The minimum absolute atomic E-state index is 0.138. The molecular formula is C13H12ClNO3. The van der Waals surface area contributed by atoms with E-state index in [0.717, 1.165) is 16.7 Å². The Kier molecular flexibility index (Phi) is 3.67. The maximum absolute atomic E-state index is 10.7.